The predicted molar refractivity (Wildman–Crippen MR) is 79.1 cm³/mol. The molecule has 0 aliphatic heterocycles. The highest BCUT2D eigenvalue weighted by atomic mass is 79.9. The SMILES string of the molecule is Cc1cc(C)c(C(=O)c2cc(Br)ccc2Br)s1. The molecule has 1 aromatic heterocycles. The van der Waals surface area contributed by atoms with Crippen molar-refractivity contribution in [2.45, 2.75) is 13.8 Å². The zero-order chi connectivity index (χ0) is 12.6. The summed E-state index contributed by atoms with van der Waals surface area (Å²) in [5.74, 6) is 0.0776. The molecule has 0 unspecified atom stereocenters. The standard InChI is InChI=1S/C13H10Br2OS/c1-7-5-8(2)17-13(7)12(16)10-6-9(14)3-4-11(10)15/h3-6H,1-2H3. The van der Waals surface area contributed by atoms with Gasteiger partial charge in [-0.2, -0.15) is 0 Å². The third-order valence-corrected chi connectivity index (χ3v) is 4.76. The van der Waals surface area contributed by atoms with Crippen molar-refractivity contribution in [1.82, 2.24) is 0 Å². The number of carbonyl (C=O) groups is 1. The third-order valence-electron chi connectivity index (χ3n) is 2.42. The van der Waals surface area contributed by atoms with Crippen LogP contribution in [0.4, 0.5) is 0 Å². The maximum Gasteiger partial charge on any atom is 0.204 e. The molecule has 0 atom stereocenters. The van der Waals surface area contributed by atoms with E-state index in [1.807, 2.05) is 38.1 Å². The normalized spacial score (nSPS) is 10.6. The Bertz CT molecular complexity index is 587. The van der Waals surface area contributed by atoms with Crippen molar-refractivity contribution in [2.75, 3.05) is 0 Å². The molecule has 17 heavy (non-hydrogen) atoms. The molecule has 2 rings (SSSR count). The van der Waals surface area contributed by atoms with Crippen molar-refractivity contribution >= 4 is 49.0 Å². The van der Waals surface area contributed by atoms with Crippen LogP contribution in [-0.2, 0) is 0 Å². The van der Waals surface area contributed by atoms with Gasteiger partial charge < -0.3 is 0 Å². The molecule has 2 aromatic rings. The summed E-state index contributed by atoms with van der Waals surface area (Å²) < 4.78 is 1.74. The number of aryl methyl sites for hydroxylation is 2. The second-order valence-corrected chi connectivity index (χ2v) is 6.85. The Kier molecular flexibility index (Phi) is 3.85. The molecule has 0 radical (unpaired) electrons. The fourth-order valence-corrected chi connectivity index (χ4v) is 3.43. The zero-order valence-corrected chi connectivity index (χ0v) is 13.4. The van der Waals surface area contributed by atoms with E-state index in [4.69, 9.17) is 0 Å². The average molecular weight is 374 g/mol. The van der Waals surface area contributed by atoms with Gasteiger partial charge >= 0.3 is 0 Å². The first kappa shape index (κ1) is 13.0. The minimum absolute atomic E-state index is 0.0776. The zero-order valence-electron chi connectivity index (χ0n) is 9.38. The van der Waals surface area contributed by atoms with Gasteiger partial charge in [-0.1, -0.05) is 31.9 Å². The Balaban J connectivity index is 2.50. The predicted octanol–water partition coefficient (Wildman–Crippen LogP) is 5.12. The van der Waals surface area contributed by atoms with Crippen LogP contribution in [0.15, 0.2) is 33.2 Å². The van der Waals surface area contributed by atoms with Crippen LogP contribution in [0.25, 0.3) is 0 Å². The molecule has 0 N–H and O–H groups in total. The highest BCUT2D eigenvalue weighted by Crippen LogP contribution is 2.28. The Morgan fingerprint density at radius 3 is 2.47 bits per heavy atom. The minimum atomic E-state index is 0.0776. The molecule has 1 heterocycles. The second-order valence-electron chi connectivity index (χ2n) is 3.82. The number of rotatable bonds is 2. The number of halogens is 2. The van der Waals surface area contributed by atoms with Crippen molar-refractivity contribution in [3.63, 3.8) is 0 Å². The monoisotopic (exact) mass is 372 g/mol. The van der Waals surface area contributed by atoms with Crippen molar-refractivity contribution in [3.05, 3.63) is 54.1 Å². The Labute approximate surface area is 121 Å². The van der Waals surface area contributed by atoms with Gasteiger partial charge in [0.15, 0.2) is 0 Å². The van der Waals surface area contributed by atoms with E-state index >= 15 is 0 Å². The van der Waals surface area contributed by atoms with Crippen LogP contribution in [0.3, 0.4) is 0 Å². The second kappa shape index (κ2) is 5.04. The molecular weight excluding hydrogens is 364 g/mol. The van der Waals surface area contributed by atoms with Crippen LogP contribution < -0.4 is 0 Å². The maximum absolute atomic E-state index is 12.4. The number of carbonyl (C=O) groups excluding carboxylic acids is 1. The quantitative estimate of drug-likeness (QED) is 0.667. The number of benzene rings is 1. The first-order valence-electron chi connectivity index (χ1n) is 5.06. The van der Waals surface area contributed by atoms with E-state index in [1.54, 1.807) is 11.3 Å². The number of hydrogen-bond donors (Lipinski definition) is 0. The number of thiophene rings is 1. The first-order chi connectivity index (χ1) is 7.99. The molecule has 0 saturated heterocycles. The van der Waals surface area contributed by atoms with E-state index in [1.165, 1.54) is 0 Å². The van der Waals surface area contributed by atoms with Crippen LogP contribution in [-0.4, -0.2) is 5.78 Å². The molecule has 1 aromatic carbocycles. The minimum Gasteiger partial charge on any atom is -0.288 e. The van der Waals surface area contributed by atoms with Crippen molar-refractivity contribution < 1.29 is 4.79 Å². The lowest BCUT2D eigenvalue weighted by molar-refractivity contribution is 0.104. The van der Waals surface area contributed by atoms with E-state index in [9.17, 15) is 4.79 Å². The largest absolute Gasteiger partial charge is 0.288 e. The van der Waals surface area contributed by atoms with Crippen LogP contribution in [0.2, 0.25) is 0 Å². The topological polar surface area (TPSA) is 17.1 Å². The summed E-state index contributed by atoms with van der Waals surface area (Å²) in [5, 5.41) is 0. The van der Waals surface area contributed by atoms with Gasteiger partial charge in [0.25, 0.3) is 0 Å². The average Bonchev–Trinajstić information content (AvgIpc) is 2.60. The van der Waals surface area contributed by atoms with Gasteiger partial charge in [-0.05, 0) is 43.7 Å². The highest BCUT2D eigenvalue weighted by Gasteiger charge is 2.17. The van der Waals surface area contributed by atoms with Crippen LogP contribution in [0.5, 0.6) is 0 Å². The molecule has 0 amide bonds. The molecule has 0 bridgehead atoms. The molecule has 0 fully saturated rings. The molecule has 1 nitrogen and oxygen atoms in total. The molecule has 0 saturated carbocycles. The number of ketones is 1. The summed E-state index contributed by atoms with van der Waals surface area (Å²) in [5.41, 5.74) is 1.74. The van der Waals surface area contributed by atoms with Crippen LogP contribution in [0.1, 0.15) is 25.7 Å². The maximum atomic E-state index is 12.4. The van der Waals surface area contributed by atoms with Gasteiger partial charge in [-0.25, -0.2) is 0 Å². The summed E-state index contributed by atoms with van der Waals surface area (Å²) in [7, 11) is 0. The summed E-state index contributed by atoms with van der Waals surface area (Å²) in [6.07, 6.45) is 0. The fourth-order valence-electron chi connectivity index (χ4n) is 1.66. The summed E-state index contributed by atoms with van der Waals surface area (Å²) in [4.78, 5) is 14.4. The van der Waals surface area contributed by atoms with Gasteiger partial charge in [0, 0.05) is 19.4 Å². The summed E-state index contributed by atoms with van der Waals surface area (Å²) >= 11 is 8.36. The lowest BCUT2D eigenvalue weighted by Gasteiger charge is -2.03. The molecule has 4 heteroatoms. The van der Waals surface area contributed by atoms with Gasteiger partial charge in [-0.15, -0.1) is 11.3 Å². The molecule has 0 spiro atoms. The first-order valence-corrected chi connectivity index (χ1v) is 7.46. The fraction of sp³-hybridized carbons (Fsp3) is 0.154. The van der Waals surface area contributed by atoms with E-state index < -0.39 is 0 Å². The van der Waals surface area contributed by atoms with Gasteiger partial charge in [0.05, 0.1) is 4.88 Å². The highest BCUT2D eigenvalue weighted by molar-refractivity contribution is 9.11. The molecular formula is C13H10Br2OS. The Morgan fingerprint density at radius 2 is 1.88 bits per heavy atom. The Morgan fingerprint density at radius 1 is 1.18 bits per heavy atom. The van der Waals surface area contributed by atoms with E-state index in [0.717, 1.165) is 24.3 Å². The van der Waals surface area contributed by atoms with Gasteiger partial charge in [0.1, 0.15) is 0 Å². The Hall–Kier alpha value is -0.450. The van der Waals surface area contributed by atoms with Crippen LogP contribution >= 0.6 is 43.2 Å². The van der Waals surface area contributed by atoms with Crippen molar-refractivity contribution in [2.24, 2.45) is 0 Å². The van der Waals surface area contributed by atoms with Crippen LogP contribution in [0, 0.1) is 13.8 Å². The summed E-state index contributed by atoms with van der Waals surface area (Å²) in [6, 6.07) is 7.69. The smallest absolute Gasteiger partial charge is 0.204 e. The lowest BCUT2D eigenvalue weighted by Crippen LogP contribution is -2.01. The van der Waals surface area contributed by atoms with Crippen molar-refractivity contribution in [1.29, 1.82) is 0 Å². The molecule has 0 aliphatic carbocycles. The van der Waals surface area contributed by atoms with E-state index in [2.05, 4.69) is 31.9 Å². The van der Waals surface area contributed by atoms with E-state index in [0.29, 0.717) is 5.56 Å². The third kappa shape index (κ3) is 2.69. The van der Waals surface area contributed by atoms with Gasteiger partial charge in [-0.3, -0.25) is 4.79 Å². The van der Waals surface area contributed by atoms with Gasteiger partial charge in [0.2, 0.25) is 5.78 Å². The molecule has 0 aliphatic rings. The lowest BCUT2D eigenvalue weighted by atomic mass is 10.1. The summed E-state index contributed by atoms with van der Waals surface area (Å²) in [6.45, 7) is 3.99. The van der Waals surface area contributed by atoms with Crippen molar-refractivity contribution in [3.8, 4) is 0 Å². The van der Waals surface area contributed by atoms with E-state index in [-0.39, 0.29) is 5.78 Å². The number of hydrogen-bond acceptors (Lipinski definition) is 2. The molecule has 88 valence electrons.